The Morgan fingerprint density at radius 2 is 1.96 bits per heavy atom. The van der Waals surface area contributed by atoms with Crippen LogP contribution in [0.15, 0.2) is 36.7 Å². The van der Waals surface area contributed by atoms with E-state index < -0.39 is 18.7 Å². The lowest BCUT2D eigenvalue weighted by Gasteiger charge is -2.09. The minimum Gasteiger partial charge on any atom is -0.468 e. The van der Waals surface area contributed by atoms with Crippen LogP contribution < -0.4 is 10.1 Å². The molecule has 27 heavy (non-hydrogen) atoms. The predicted octanol–water partition coefficient (Wildman–Crippen LogP) is 2.87. The minimum absolute atomic E-state index is 0.0718. The van der Waals surface area contributed by atoms with Crippen LogP contribution in [0.2, 0.25) is 0 Å². The van der Waals surface area contributed by atoms with Crippen molar-refractivity contribution >= 4 is 11.7 Å². The van der Waals surface area contributed by atoms with Crippen molar-refractivity contribution in [2.75, 3.05) is 6.61 Å². The van der Waals surface area contributed by atoms with Gasteiger partial charge in [-0.15, -0.1) is 0 Å². The van der Waals surface area contributed by atoms with Gasteiger partial charge in [0.1, 0.15) is 5.78 Å². The lowest BCUT2D eigenvalue weighted by Crippen LogP contribution is -2.23. The van der Waals surface area contributed by atoms with Crippen LogP contribution in [-0.4, -0.2) is 34.4 Å². The van der Waals surface area contributed by atoms with Gasteiger partial charge in [-0.25, -0.2) is 4.98 Å². The monoisotopic (exact) mass is 381 g/mol. The van der Waals surface area contributed by atoms with E-state index in [4.69, 9.17) is 0 Å². The summed E-state index contributed by atoms with van der Waals surface area (Å²) >= 11 is 0. The fourth-order valence-corrected chi connectivity index (χ4v) is 2.10. The van der Waals surface area contributed by atoms with Crippen molar-refractivity contribution in [3.63, 3.8) is 0 Å². The lowest BCUT2D eigenvalue weighted by molar-refractivity contribution is -0.154. The average Bonchev–Trinajstić information content (AvgIpc) is 2.64. The first-order valence-electron chi connectivity index (χ1n) is 8.16. The zero-order valence-corrected chi connectivity index (χ0v) is 14.5. The Labute approximate surface area is 153 Å². The summed E-state index contributed by atoms with van der Waals surface area (Å²) < 4.78 is 40.8. The van der Waals surface area contributed by atoms with Gasteiger partial charge in [0, 0.05) is 43.5 Å². The molecule has 0 aliphatic rings. The number of carbonyl (C=O) groups excluding carboxylic acids is 2. The van der Waals surface area contributed by atoms with Gasteiger partial charge in [0.25, 0.3) is 5.91 Å². The fourth-order valence-electron chi connectivity index (χ4n) is 2.10. The van der Waals surface area contributed by atoms with Crippen LogP contribution in [0, 0.1) is 0 Å². The Kier molecular flexibility index (Phi) is 6.86. The number of amides is 1. The number of ketones is 1. The molecule has 2 rings (SSSR count). The van der Waals surface area contributed by atoms with E-state index in [0.717, 1.165) is 11.8 Å². The average molecular weight is 381 g/mol. The molecule has 0 spiro atoms. The third kappa shape index (κ3) is 7.04. The number of hydrogen-bond acceptors (Lipinski definition) is 5. The standard InChI is InChI=1S/C18H18F3N3O3/c1-2-15(25)8-14-7-12(5-6-22-14)9-24-17(26)13-3-4-16(23-10-13)27-11-18(19,20)21/h3-7,10H,2,8-9,11H2,1H3,(H,24,26). The fraction of sp³-hybridized carbons (Fsp3) is 0.333. The second-order valence-electron chi connectivity index (χ2n) is 5.70. The molecule has 0 radical (unpaired) electrons. The second-order valence-corrected chi connectivity index (χ2v) is 5.70. The molecule has 0 aliphatic heterocycles. The molecule has 0 saturated carbocycles. The molecule has 1 N–H and O–H groups in total. The number of rotatable bonds is 8. The molecule has 2 heterocycles. The van der Waals surface area contributed by atoms with Gasteiger partial charge < -0.3 is 10.1 Å². The summed E-state index contributed by atoms with van der Waals surface area (Å²) in [5.41, 5.74) is 1.58. The summed E-state index contributed by atoms with van der Waals surface area (Å²) in [4.78, 5) is 31.4. The van der Waals surface area contributed by atoms with Crippen molar-refractivity contribution in [2.24, 2.45) is 0 Å². The van der Waals surface area contributed by atoms with Crippen LogP contribution >= 0.6 is 0 Å². The summed E-state index contributed by atoms with van der Waals surface area (Å²) in [7, 11) is 0. The Balaban J connectivity index is 1.90. The number of alkyl halides is 3. The third-order valence-corrected chi connectivity index (χ3v) is 3.49. The van der Waals surface area contributed by atoms with Crippen molar-refractivity contribution in [2.45, 2.75) is 32.5 Å². The van der Waals surface area contributed by atoms with Crippen molar-refractivity contribution in [3.8, 4) is 5.88 Å². The van der Waals surface area contributed by atoms with Crippen LogP contribution in [0.4, 0.5) is 13.2 Å². The highest BCUT2D eigenvalue weighted by molar-refractivity contribution is 5.93. The maximum Gasteiger partial charge on any atom is 0.422 e. The lowest BCUT2D eigenvalue weighted by atomic mass is 10.1. The van der Waals surface area contributed by atoms with Crippen molar-refractivity contribution < 1.29 is 27.5 Å². The van der Waals surface area contributed by atoms with E-state index >= 15 is 0 Å². The van der Waals surface area contributed by atoms with Crippen LogP contribution in [0.3, 0.4) is 0 Å². The zero-order valence-electron chi connectivity index (χ0n) is 14.5. The Bertz CT molecular complexity index is 792. The molecule has 1 amide bonds. The van der Waals surface area contributed by atoms with Gasteiger partial charge in [-0.1, -0.05) is 6.92 Å². The number of pyridine rings is 2. The summed E-state index contributed by atoms with van der Waals surface area (Å²) in [5, 5.41) is 2.67. The number of ether oxygens (including phenoxy) is 1. The van der Waals surface area contributed by atoms with Crippen LogP contribution in [-0.2, 0) is 17.8 Å². The van der Waals surface area contributed by atoms with Gasteiger partial charge in [-0.05, 0) is 23.8 Å². The number of hydrogen-bond donors (Lipinski definition) is 1. The minimum atomic E-state index is -4.46. The van der Waals surface area contributed by atoms with Gasteiger partial charge >= 0.3 is 6.18 Å². The van der Waals surface area contributed by atoms with Gasteiger partial charge in [-0.3, -0.25) is 14.6 Å². The van der Waals surface area contributed by atoms with E-state index in [1.54, 1.807) is 25.3 Å². The zero-order chi connectivity index (χ0) is 19.9. The SMILES string of the molecule is CCC(=O)Cc1cc(CNC(=O)c2ccc(OCC(F)(F)F)nc2)ccn1. The molecule has 0 atom stereocenters. The van der Waals surface area contributed by atoms with E-state index in [9.17, 15) is 22.8 Å². The van der Waals surface area contributed by atoms with Crippen LogP contribution in [0.25, 0.3) is 0 Å². The van der Waals surface area contributed by atoms with Gasteiger partial charge in [-0.2, -0.15) is 13.2 Å². The molecule has 0 unspecified atom stereocenters. The molecule has 0 bridgehead atoms. The van der Waals surface area contributed by atoms with E-state index in [2.05, 4.69) is 20.0 Å². The summed E-state index contributed by atoms with van der Waals surface area (Å²) in [6.45, 7) is 0.539. The number of carbonyl (C=O) groups is 2. The van der Waals surface area contributed by atoms with E-state index in [1.807, 2.05) is 0 Å². The van der Waals surface area contributed by atoms with Crippen molar-refractivity contribution in [3.05, 3.63) is 53.5 Å². The molecule has 0 aliphatic carbocycles. The largest absolute Gasteiger partial charge is 0.468 e. The Hall–Kier alpha value is -2.97. The maximum absolute atomic E-state index is 12.1. The van der Waals surface area contributed by atoms with Gasteiger partial charge in [0.15, 0.2) is 6.61 Å². The smallest absolute Gasteiger partial charge is 0.422 e. The first-order chi connectivity index (χ1) is 12.8. The maximum atomic E-state index is 12.1. The van der Waals surface area contributed by atoms with Crippen molar-refractivity contribution in [1.82, 2.24) is 15.3 Å². The molecule has 0 aromatic carbocycles. The van der Waals surface area contributed by atoms with E-state index in [-0.39, 0.29) is 30.2 Å². The van der Waals surface area contributed by atoms with Crippen LogP contribution in [0.5, 0.6) is 5.88 Å². The first kappa shape index (κ1) is 20.3. The van der Waals surface area contributed by atoms with Gasteiger partial charge in [0.05, 0.1) is 5.56 Å². The highest BCUT2D eigenvalue weighted by Crippen LogP contribution is 2.17. The number of nitrogens with zero attached hydrogens (tertiary/aromatic N) is 2. The molecule has 2 aromatic heterocycles. The molecule has 6 nitrogen and oxygen atoms in total. The van der Waals surface area contributed by atoms with E-state index in [0.29, 0.717) is 12.1 Å². The topological polar surface area (TPSA) is 81.2 Å². The van der Waals surface area contributed by atoms with Gasteiger partial charge in [0.2, 0.25) is 5.88 Å². The quantitative estimate of drug-likeness (QED) is 0.761. The number of nitrogens with one attached hydrogen (secondary N) is 1. The van der Waals surface area contributed by atoms with E-state index in [1.165, 1.54) is 12.1 Å². The highest BCUT2D eigenvalue weighted by atomic mass is 19.4. The summed E-state index contributed by atoms with van der Waals surface area (Å²) in [6.07, 6.45) is -1.09. The molecule has 144 valence electrons. The molecule has 9 heteroatoms. The molecular formula is C18H18F3N3O3. The third-order valence-electron chi connectivity index (χ3n) is 3.49. The first-order valence-corrected chi connectivity index (χ1v) is 8.16. The second kappa shape index (κ2) is 9.11. The molecule has 2 aromatic rings. The number of Topliss-reactive ketones (excluding diaryl/α,β-unsaturated/α-hetero) is 1. The molecule has 0 saturated heterocycles. The summed E-state index contributed by atoms with van der Waals surface area (Å²) in [5.74, 6) is -0.585. The number of halogens is 3. The normalized spacial score (nSPS) is 11.1. The Morgan fingerprint density at radius 1 is 1.19 bits per heavy atom. The summed E-state index contributed by atoms with van der Waals surface area (Å²) in [6, 6.07) is 5.97. The van der Waals surface area contributed by atoms with Crippen molar-refractivity contribution in [1.29, 1.82) is 0 Å². The molecular weight excluding hydrogens is 363 g/mol. The highest BCUT2D eigenvalue weighted by Gasteiger charge is 2.28. The predicted molar refractivity (Wildman–Crippen MR) is 90.2 cm³/mol. The van der Waals surface area contributed by atoms with Crippen LogP contribution in [0.1, 0.15) is 35.0 Å². The number of aromatic nitrogens is 2. The molecule has 0 fully saturated rings. The Morgan fingerprint density at radius 3 is 2.59 bits per heavy atom.